The minimum Gasteiger partial charge on any atom is -0.368 e. The van der Waals surface area contributed by atoms with Crippen molar-refractivity contribution in [1.29, 1.82) is 0 Å². The lowest BCUT2D eigenvalue weighted by Crippen LogP contribution is -2.48. The third-order valence-corrected chi connectivity index (χ3v) is 4.59. The Balaban J connectivity index is 1.62. The lowest BCUT2D eigenvalue weighted by molar-refractivity contribution is 0.0747. The first-order valence-electron chi connectivity index (χ1n) is 7.50. The molecule has 1 saturated heterocycles. The topological polar surface area (TPSA) is 23.6 Å². The highest BCUT2D eigenvalue weighted by Crippen LogP contribution is 2.18. The molecule has 0 aliphatic carbocycles. The van der Waals surface area contributed by atoms with Crippen LogP contribution in [0, 0.1) is 6.92 Å². The van der Waals surface area contributed by atoms with Crippen LogP contribution in [-0.4, -0.2) is 37.0 Å². The second-order valence-corrected chi connectivity index (χ2v) is 6.54. The zero-order valence-corrected chi connectivity index (χ0v) is 14.2. The minimum absolute atomic E-state index is 0.121. The summed E-state index contributed by atoms with van der Waals surface area (Å²) in [6, 6.07) is 16.1. The maximum atomic E-state index is 12.5. The fourth-order valence-electron chi connectivity index (χ4n) is 2.70. The van der Waals surface area contributed by atoms with E-state index in [-0.39, 0.29) is 5.91 Å². The molecule has 4 heteroatoms. The molecule has 114 valence electrons. The Morgan fingerprint density at radius 2 is 1.50 bits per heavy atom. The Labute approximate surface area is 139 Å². The second kappa shape index (κ2) is 6.53. The number of hydrogen-bond donors (Lipinski definition) is 0. The average molecular weight is 359 g/mol. The first-order chi connectivity index (χ1) is 10.6. The standard InChI is InChI=1S/C18H19BrN2O/c1-14-2-8-17(9-3-14)20-10-12-21(13-11-20)18(22)15-4-6-16(19)7-5-15/h2-9H,10-13H2,1H3. The summed E-state index contributed by atoms with van der Waals surface area (Å²) in [5.41, 5.74) is 3.26. The molecule has 1 amide bonds. The molecule has 0 radical (unpaired) electrons. The van der Waals surface area contributed by atoms with Gasteiger partial charge < -0.3 is 9.80 Å². The molecular weight excluding hydrogens is 340 g/mol. The average Bonchev–Trinajstić information content (AvgIpc) is 2.56. The number of hydrogen-bond acceptors (Lipinski definition) is 2. The molecule has 1 heterocycles. The van der Waals surface area contributed by atoms with Crippen molar-refractivity contribution in [3.8, 4) is 0 Å². The van der Waals surface area contributed by atoms with Gasteiger partial charge in [-0.05, 0) is 43.3 Å². The lowest BCUT2D eigenvalue weighted by atomic mass is 10.1. The molecule has 0 atom stereocenters. The van der Waals surface area contributed by atoms with Gasteiger partial charge in [-0.3, -0.25) is 4.79 Å². The molecule has 0 saturated carbocycles. The van der Waals surface area contributed by atoms with E-state index in [0.29, 0.717) is 0 Å². The normalized spacial score (nSPS) is 15.0. The molecule has 0 N–H and O–H groups in total. The summed E-state index contributed by atoms with van der Waals surface area (Å²) in [4.78, 5) is 16.8. The van der Waals surface area contributed by atoms with Crippen LogP contribution in [0.4, 0.5) is 5.69 Å². The first kappa shape index (κ1) is 15.1. The van der Waals surface area contributed by atoms with Crippen LogP contribution in [0.1, 0.15) is 15.9 Å². The Bertz CT molecular complexity index is 644. The van der Waals surface area contributed by atoms with Crippen molar-refractivity contribution in [2.75, 3.05) is 31.1 Å². The van der Waals surface area contributed by atoms with Crippen molar-refractivity contribution in [3.63, 3.8) is 0 Å². The van der Waals surface area contributed by atoms with Gasteiger partial charge in [-0.2, -0.15) is 0 Å². The lowest BCUT2D eigenvalue weighted by Gasteiger charge is -2.36. The van der Waals surface area contributed by atoms with E-state index < -0.39 is 0 Å². The van der Waals surface area contributed by atoms with Gasteiger partial charge in [0.2, 0.25) is 0 Å². The number of benzene rings is 2. The molecule has 0 spiro atoms. The van der Waals surface area contributed by atoms with Gasteiger partial charge in [0.25, 0.3) is 5.91 Å². The van der Waals surface area contributed by atoms with Gasteiger partial charge >= 0.3 is 0 Å². The fourth-order valence-corrected chi connectivity index (χ4v) is 2.96. The summed E-state index contributed by atoms with van der Waals surface area (Å²) in [6.07, 6.45) is 0. The number of halogens is 1. The SMILES string of the molecule is Cc1ccc(N2CCN(C(=O)c3ccc(Br)cc3)CC2)cc1. The molecule has 1 fully saturated rings. The molecule has 0 aromatic heterocycles. The molecule has 0 bridgehead atoms. The van der Waals surface area contributed by atoms with Crippen LogP contribution < -0.4 is 4.90 Å². The largest absolute Gasteiger partial charge is 0.368 e. The molecule has 2 aromatic rings. The van der Waals surface area contributed by atoms with Crippen molar-refractivity contribution >= 4 is 27.5 Å². The molecule has 2 aromatic carbocycles. The Morgan fingerprint density at radius 3 is 2.09 bits per heavy atom. The van der Waals surface area contributed by atoms with Gasteiger partial charge in [0.15, 0.2) is 0 Å². The fraction of sp³-hybridized carbons (Fsp3) is 0.278. The van der Waals surface area contributed by atoms with E-state index in [2.05, 4.69) is 52.0 Å². The molecule has 3 rings (SSSR count). The summed E-state index contributed by atoms with van der Waals surface area (Å²) in [7, 11) is 0. The number of nitrogens with zero attached hydrogens (tertiary/aromatic N) is 2. The highest BCUT2D eigenvalue weighted by Gasteiger charge is 2.22. The maximum Gasteiger partial charge on any atom is 0.253 e. The summed E-state index contributed by atoms with van der Waals surface area (Å²) < 4.78 is 0.994. The van der Waals surface area contributed by atoms with Crippen LogP contribution in [-0.2, 0) is 0 Å². The predicted molar refractivity (Wildman–Crippen MR) is 93.4 cm³/mol. The predicted octanol–water partition coefficient (Wildman–Crippen LogP) is 3.72. The third kappa shape index (κ3) is 3.33. The van der Waals surface area contributed by atoms with Crippen LogP contribution in [0.25, 0.3) is 0 Å². The smallest absolute Gasteiger partial charge is 0.253 e. The number of carbonyl (C=O) groups is 1. The van der Waals surface area contributed by atoms with E-state index in [1.54, 1.807) is 0 Å². The van der Waals surface area contributed by atoms with Gasteiger partial charge in [0.1, 0.15) is 0 Å². The molecule has 3 nitrogen and oxygen atoms in total. The van der Waals surface area contributed by atoms with Crippen molar-refractivity contribution in [2.45, 2.75) is 6.92 Å². The molecule has 22 heavy (non-hydrogen) atoms. The van der Waals surface area contributed by atoms with Crippen molar-refractivity contribution in [3.05, 3.63) is 64.1 Å². The van der Waals surface area contributed by atoms with Crippen LogP contribution >= 0.6 is 15.9 Å². The second-order valence-electron chi connectivity index (χ2n) is 5.62. The minimum atomic E-state index is 0.121. The number of piperazine rings is 1. The van der Waals surface area contributed by atoms with Gasteiger partial charge in [-0.15, -0.1) is 0 Å². The quantitative estimate of drug-likeness (QED) is 0.816. The van der Waals surface area contributed by atoms with Gasteiger partial charge in [0.05, 0.1) is 0 Å². The Morgan fingerprint density at radius 1 is 0.909 bits per heavy atom. The number of aryl methyl sites for hydroxylation is 1. The number of carbonyl (C=O) groups excluding carboxylic acids is 1. The van der Waals surface area contributed by atoms with Crippen LogP contribution in [0.15, 0.2) is 53.0 Å². The van der Waals surface area contributed by atoms with E-state index >= 15 is 0 Å². The van der Waals surface area contributed by atoms with Crippen molar-refractivity contribution in [2.24, 2.45) is 0 Å². The van der Waals surface area contributed by atoms with Gasteiger partial charge in [-0.25, -0.2) is 0 Å². The summed E-state index contributed by atoms with van der Waals surface area (Å²) in [5, 5.41) is 0. The van der Waals surface area contributed by atoms with Gasteiger partial charge in [-0.1, -0.05) is 33.6 Å². The Kier molecular flexibility index (Phi) is 4.48. The summed E-state index contributed by atoms with van der Waals surface area (Å²) in [6.45, 7) is 5.39. The van der Waals surface area contributed by atoms with Crippen molar-refractivity contribution in [1.82, 2.24) is 4.90 Å². The first-order valence-corrected chi connectivity index (χ1v) is 8.29. The summed E-state index contributed by atoms with van der Waals surface area (Å²) in [5.74, 6) is 0.121. The Hall–Kier alpha value is -1.81. The zero-order chi connectivity index (χ0) is 15.5. The number of rotatable bonds is 2. The molecular formula is C18H19BrN2O. The van der Waals surface area contributed by atoms with E-state index in [1.165, 1.54) is 11.3 Å². The highest BCUT2D eigenvalue weighted by atomic mass is 79.9. The molecule has 0 unspecified atom stereocenters. The van der Waals surface area contributed by atoms with Crippen LogP contribution in [0.5, 0.6) is 0 Å². The van der Waals surface area contributed by atoms with Gasteiger partial charge in [0, 0.05) is 41.9 Å². The van der Waals surface area contributed by atoms with Crippen LogP contribution in [0.2, 0.25) is 0 Å². The summed E-state index contributed by atoms with van der Waals surface area (Å²) >= 11 is 3.40. The number of anilines is 1. The van der Waals surface area contributed by atoms with E-state index in [0.717, 1.165) is 36.2 Å². The highest BCUT2D eigenvalue weighted by molar-refractivity contribution is 9.10. The number of amides is 1. The molecule has 1 aliphatic rings. The van der Waals surface area contributed by atoms with Crippen LogP contribution in [0.3, 0.4) is 0 Å². The zero-order valence-electron chi connectivity index (χ0n) is 12.6. The molecule has 1 aliphatic heterocycles. The third-order valence-electron chi connectivity index (χ3n) is 4.06. The van der Waals surface area contributed by atoms with Crippen molar-refractivity contribution < 1.29 is 4.79 Å². The van der Waals surface area contributed by atoms with E-state index in [9.17, 15) is 4.79 Å². The van der Waals surface area contributed by atoms with E-state index in [4.69, 9.17) is 0 Å². The van der Waals surface area contributed by atoms with E-state index in [1.807, 2.05) is 29.2 Å². The maximum absolute atomic E-state index is 12.5. The monoisotopic (exact) mass is 358 g/mol.